The summed E-state index contributed by atoms with van der Waals surface area (Å²) in [5, 5.41) is 0. The molecule has 2 aliphatic rings. The molecule has 13 heavy (non-hydrogen) atoms. The Morgan fingerprint density at radius 1 is 1.23 bits per heavy atom. The van der Waals surface area contributed by atoms with Crippen LogP contribution >= 0.6 is 0 Å². The van der Waals surface area contributed by atoms with Crippen molar-refractivity contribution in [3.63, 3.8) is 0 Å². The maximum Gasteiger partial charge on any atom is 0.0230 e. The predicted octanol–water partition coefficient (Wildman–Crippen LogP) is 1.60. The summed E-state index contributed by atoms with van der Waals surface area (Å²) in [6, 6.07) is 0.724. The lowest BCUT2D eigenvalue weighted by Crippen LogP contribution is -2.51. The van der Waals surface area contributed by atoms with E-state index >= 15 is 0 Å². The van der Waals surface area contributed by atoms with Crippen molar-refractivity contribution in [2.24, 2.45) is 11.7 Å². The van der Waals surface area contributed by atoms with Gasteiger partial charge in [-0.2, -0.15) is 0 Å². The predicted molar refractivity (Wildman–Crippen MR) is 55.6 cm³/mol. The van der Waals surface area contributed by atoms with Crippen LogP contribution in [-0.2, 0) is 0 Å². The third kappa shape index (κ3) is 2.23. The Morgan fingerprint density at radius 2 is 2.08 bits per heavy atom. The molecule has 0 amide bonds. The van der Waals surface area contributed by atoms with E-state index in [0.29, 0.717) is 0 Å². The third-order valence-corrected chi connectivity index (χ3v) is 3.82. The highest BCUT2D eigenvalue weighted by Crippen LogP contribution is 2.30. The fourth-order valence-corrected chi connectivity index (χ4v) is 2.42. The molecule has 1 atom stereocenters. The SMILES string of the molecule is NCC1CCN1CCCC1CCC1. The van der Waals surface area contributed by atoms with Crippen LogP contribution in [0.2, 0.25) is 0 Å². The number of hydrogen-bond donors (Lipinski definition) is 1. The molecular weight excluding hydrogens is 160 g/mol. The van der Waals surface area contributed by atoms with Gasteiger partial charge in [0.15, 0.2) is 0 Å². The Labute approximate surface area is 81.5 Å². The molecule has 1 aliphatic heterocycles. The number of likely N-dealkylation sites (tertiary alicyclic amines) is 1. The Kier molecular flexibility index (Phi) is 3.23. The molecule has 1 unspecified atom stereocenters. The molecule has 2 N–H and O–H groups in total. The molecule has 0 aromatic heterocycles. The zero-order valence-corrected chi connectivity index (χ0v) is 8.54. The highest BCUT2D eigenvalue weighted by molar-refractivity contribution is 4.83. The molecule has 1 aliphatic carbocycles. The van der Waals surface area contributed by atoms with Gasteiger partial charge in [0.1, 0.15) is 0 Å². The van der Waals surface area contributed by atoms with Crippen LogP contribution in [0.3, 0.4) is 0 Å². The van der Waals surface area contributed by atoms with E-state index in [1.165, 1.54) is 51.6 Å². The van der Waals surface area contributed by atoms with E-state index in [2.05, 4.69) is 4.90 Å². The van der Waals surface area contributed by atoms with Crippen LogP contribution in [-0.4, -0.2) is 30.6 Å². The van der Waals surface area contributed by atoms with E-state index < -0.39 is 0 Å². The maximum atomic E-state index is 5.65. The summed E-state index contributed by atoms with van der Waals surface area (Å²) in [7, 11) is 0. The van der Waals surface area contributed by atoms with Gasteiger partial charge in [0.2, 0.25) is 0 Å². The van der Waals surface area contributed by atoms with Crippen molar-refractivity contribution < 1.29 is 0 Å². The average Bonchev–Trinajstić information content (AvgIpc) is 1.99. The topological polar surface area (TPSA) is 29.3 Å². The van der Waals surface area contributed by atoms with Crippen molar-refractivity contribution >= 4 is 0 Å². The van der Waals surface area contributed by atoms with Crippen LogP contribution in [0.5, 0.6) is 0 Å². The van der Waals surface area contributed by atoms with E-state index in [9.17, 15) is 0 Å². The largest absolute Gasteiger partial charge is 0.329 e. The summed E-state index contributed by atoms with van der Waals surface area (Å²) in [6.07, 6.45) is 8.69. The van der Waals surface area contributed by atoms with Crippen LogP contribution in [0.1, 0.15) is 38.5 Å². The van der Waals surface area contributed by atoms with E-state index in [-0.39, 0.29) is 0 Å². The summed E-state index contributed by atoms with van der Waals surface area (Å²) >= 11 is 0. The molecule has 2 nitrogen and oxygen atoms in total. The van der Waals surface area contributed by atoms with Gasteiger partial charge >= 0.3 is 0 Å². The summed E-state index contributed by atoms with van der Waals surface area (Å²) < 4.78 is 0. The van der Waals surface area contributed by atoms with Crippen molar-refractivity contribution in [2.75, 3.05) is 19.6 Å². The zero-order chi connectivity index (χ0) is 9.10. The smallest absolute Gasteiger partial charge is 0.0230 e. The standard InChI is InChI=1S/C11H22N2/c12-9-11-6-8-13(11)7-2-5-10-3-1-4-10/h10-11H,1-9,12H2. The highest BCUT2D eigenvalue weighted by atomic mass is 15.2. The van der Waals surface area contributed by atoms with Crippen LogP contribution in [0.25, 0.3) is 0 Å². The maximum absolute atomic E-state index is 5.65. The summed E-state index contributed by atoms with van der Waals surface area (Å²) in [5.41, 5.74) is 5.65. The Morgan fingerprint density at radius 3 is 2.54 bits per heavy atom. The Balaban J connectivity index is 1.52. The van der Waals surface area contributed by atoms with E-state index in [4.69, 9.17) is 5.73 Å². The van der Waals surface area contributed by atoms with Crippen molar-refractivity contribution in [1.29, 1.82) is 0 Å². The van der Waals surface area contributed by atoms with Gasteiger partial charge in [-0.15, -0.1) is 0 Å². The number of nitrogens with zero attached hydrogens (tertiary/aromatic N) is 1. The van der Waals surface area contributed by atoms with Crippen molar-refractivity contribution in [2.45, 2.75) is 44.6 Å². The average molecular weight is 182 g/mol. The van der Waals surface area contributed by atoms with Gasteiger partial charge in [-0.25, -0.2) is 0 Å². The van der Waals surface area contributed by atoms with E-state index in [0.717, 1.165) is 18.5 Å². The van der Waals surface area contributed by atoms with E-state index in [1.807, 2.05) is 0 Å². The number of hydrogen-bond acceptors (Lipinski definition) is 2. The highest BCUT2D eigenvalue weighted by Gasteiger charge is 2.26. The molecule has 2 heteroatoms. The second kappa shape index (κ2) is 4.43. The minimum atomic E-state index is 0.724. The van der Waals surface area contributed by atoms with Gasteiger partial charge in [0.25, 0.3) is 0 Å². The fraction of sp³-hybridized carbons (Fsp3) is 1.00. The molecule has 1 saturated carbocycles. The first-order chi connectivity index (χ1) is 6.40. The molecule has 76 valence electrons. The van der Waals surface area contributed by atoms with Crippen molar-refractivity contribution in [1.82, 2.24) is 4.90 Å². The first-order valence-electron chi connectivity index (χ1n) is 5.84. The first-order valence-corrected chi connectivity index (χ1v) is 5.84. The number of rotatable bonds is 5. The Bertz CT molecular complexity index is 152. The monoisotopic (exact) mass is 182 g/mol. The molecule has 0 bridgehead atoms. The summed E-state index contributed by atoms with van der Waals surface area (Å²) in [5.74, 6) is 1.08. The fourth-order valence-electron chi connectivity index (χ4n) is 2.42. The van der Waals surface area contributed by atoms with Crippen LogP contribution < -0.4 is 5.73 Å². The van der Waals surface area contributed by atoms with Crippen molar-refractivity contribution in [3.05, 3.63) is 0 Å². The van der Waals surface area contributed by atoms with Crippen LogP contribution in [0.4, 0.5) is 0 Å². The molecule has 0 aromatic carbocycles. The van der Waals surface area contributed by atoms with Gasteiger partial charge in [-0.05, 0) is 31.7 Å². The molecule has 0 radical (unpaired) electrons. The second-order valence-corrected chi connectivity index (χ2v) is 4.65. The normalized spacial score (nSPS) is 29.8. The second-order valence-electron chi connectivity index (χ2n) is 4.65. The zero-order valence-electron chi connectivity index (χ0n) is 8.54. The summed E-state index contributed by atoms with van der Waals surface area (Å²) in [6.45, 7) is 3.47. The quantitative estimate of drug-likeness (QED) is 0.700. The molecule has 0 aromatic rings. The van der Waals surface area contributed by atoms with Crippen LogP contribution in [0, 0.1) is 5.92 Å². The molecule has 1 saturated heterocycles. The minimum Gasteiger partial charge on any atom is -0.329 e. The first kappa shape index (κ1) is 9.47. The third-order valence-electron chi connectivity index (χ3n) is 3.82. The molecule has 1 heterocycles. The van der Waals surface area contributed by atoms with Gasteiger partial charge in [-0.1, -0.05) is 19.3 Å². The Hall–Kier alpha value is -0.0800. The molecule has 2 rings (SSSR count). The van der Waals surface area contributed by atoms with E-state index in [1.54, 1.807) is 0 Å². The lowest BCUT2D eigenvalue weighted by Gasteiger charge is -2.40. The van der Waals surface area contributed by atoms with Crippen molar-refractivity contribution in [3.8, 4) is 0 Å². The van der Waals surface area contributed by atoms with Gasteiger partial charge in [0, 0.05) is 19.1 Å². The summed E-state index contributed by atoms with van der Waals surface area (Å²) in [4.78, 5) is 2.55. The van der Waals surface area contributed by atoms with Gasteiger partial charge in [0.05, 0.1) is 0 Å². The lowest BCUT2D eigenvalue weighted by atomic mass is 9.82. The van der Waals surface area contributed by atoms with Crippen LogP contribution in [0.15, 0.2) is 0 Å². The lowest BCUT2D eigenvalue weighted by molar-refractivity contribution is 0.0907. The molecular formula is C11H22N2. The van der Waals surface area contributed by atoms with Gasteiger partial charge < -0.3 is 5.73 Å². The minimum absolute atomic E-state index is 0.724. The molecule has 0 spiro atoms. The van der Waals surface area contributed by atoms with Gasteiger partial charge in [-0.3, -0.25) is 4.90 Å². The number of nitrogens with two attached hydrogens (primary N) is 1. The molecule has 2 fully saturated rings.